The average Bonchev–Trinajstić information content (AvgIpc) is 2.98. The molecule has 0 radical (unpaired) electrons. The minimum absolute atomic E-state index is 0.110. The molecule has 1 aromatic carbocycles. The molecule has 1 fully saturated rings. The van der Waals surface area contributed by atoms with E-state index in [9.17, 15) is 24.5 Å². The number of carbonyl (C=O) groups excluding carboxylic acids is 3. The van der Waals surface area contributed by atoms with E-state index in [1.165, 1.54) is 43.2 Å². The van der Waals surface area contributed by atoms with Crippen LogP contribution in [0.25, 0.3) is 0 Å². The second-order valence-electron chi connectivity index (χ2n) is 5.42. The van der Waals surface area contributed by atoms with Crippen molar-refractivity contribution in [3.63, 3.8) is 0 Å². The average molecular weight is 335 g/mol. The zero-order valence-electron chi connectivity index (χ0n) is 13.2. The largest absolute Gasteiger partial charge is 0.467 e. The second-order valence-corrected chi connectivity index (χ2v) is 5.42. The van der Waals surface area contributed by atoms with Crippen LogP contribution >= 0.6 is 0 Å². The zero-order chi connectivity index (χ0) is 17.9. The molecule has 1 heterocycles. The van der Waals surface area contributed by atoms with Gasteiger partial charge in [-0.05, 0) is 12.1 Å². The van der Waals surface area contributed by atoms with Gasteiger partial charge in [-0.25, -0.2) is 4.79 Å². The molecule has 0 saturated carbocycles. The quantitative estimate of drug-likeness (QED) is 0.486. The fourth-order valence-corrected chi connectivity index (χ4v) is 2.65. The third-order valence-electron chi connectivity index (χ3n) is 3.85. The van der Waals surface area contributed by atoms with Crippen molar-refractivity contribution in [2.24, 2.45) is 0 Å². The fourth-order valence-electron chi connectivity index (χ4n) is 2.65. The van der Waals surface area contributed by atoms with Crippen molar-refractivity contribution in [3.05, 3.63) is 39.9 Å². The van der Waals surface area contributed by atoms with E-state index in [1.807, 2.05) is 0 Å². The van der Waals surface area contributed by atoms with Gasteiger partial charge in [-0.15, -0.1) is 0 Å². The summed E-state index contributed by atoms with van der Waals surface area (Å²) in [6.45, 7) is 1.55. The number of ether oxygens (including phenoxy) is 1. The predicted octanol–water partition coefficient (Wildman–Crippen LogP) is 0.487. The Morgan fingerprint density at radius 2 is 1.92 bits per heavy atom. The fraction of sp³-hybridized carbons (Fsp3) is 0.400. The van der Waals surface area contributed by atoms with Crippen LogP contribution in [0.3, 0.4) is 0 Å². The van der Waals surface area contributed by atoms with Gasteiger partial charge in [0.05, 0.1) is 12.0 Å². The van der Waals surface area contributed by atoms with Crippen LogP contribution in [0.5, 0.6) is 0 Å². The minimum Gasteiger partial charge on any atom is -0.467 e. The Balaban J connectivity index is 2.05. The number of carbonyl (C=O) groups is 3. The van der Waals surface area contributed by atoms with Gasteiger partial charge < -0.3 is 15.0 Å². The van der Waals surface area contributed by atoms with E-state index in [1.54, 1.807) is 0 Å². The summed E-state index contributed by atoms with van der Waals surface area (Å²) in [5, 5.41) is 13.3. The topological polar surface area (TPSA) is 119 Å². The number of rotatable bonds is 4. The van der Waals surface area contributed by atoms with Gasteiger partial charge in [-0.1, -0.05) is 0 Å². The minimum atomic E-state index is -0.727. The lowest BCUT2D eigenvalue weighted by molar-refractivity contribution is -0.384. The molecule has 24 heavy (non-hydrogen) atoms. The molecule has 1 saturated heterocycles. The highest BCUT2D eigenvalue weighted by molar-refractivity contribution is 5.95. The van der Waals surface area contributed by atoms with Crippen molar-refractivity contribution in [1.82, 2.24) is 10.2 Å². The lowest BCUT2D eigenvalue weighted by Crippen LogP contribution is -2.40. The molecule has 1 N–H and O–H groups in total. The number of nitro benzene ring substituents is 1. The van der Waals surface area contributed by atoms with E-state index < -0.39 is 28.9 Å². The first-order valence-electron chi connectivity index (χ1n) is 7.23. The van der Waals surface area contributed by atoms with Gasteiger partial charge in [-0.2, -0.15) is 0 Å². The van der Waals surface area contributed by atoms with Gasteiger partial charge in [0, 0.05) is 43.6 Å². The highest BCUT2D eigenvalue weighted by Gasteiger charge is 2.39. The second kappa shape index (κ2) is 7.07. The molecular weight excluding hydrogens is 318 g/mol. The predicted molar refractivity (Wildman–Crippen MR) is 82.2 cm³/mol. The highest BCUT2D eigenvalue weighted by atomic mass is 16.6. The van der Waals surface area contributed by atoms with E-state index in [4.69, 9.17) is 0 Å². The number of nitrogens with zero attached hydrogens (tertiary/aromatic N) is 2. The van der Waals surface area contributed by atoms with Crippen molar-refractivity contribution in [3.8, 4) is 0 Å². The third-order valence-corrected chi connectivity index (χ3v) is 3.85. The first-order valence-corrected chi connectivity index (χ1v) is 7.23. The first-order chi connectivity index (χ1) is 11.3. The maximum absolute atomic E-state index is 12.2. The maximum Gasteiger partial charge on any atom is 0.328 e. The van der Waals surface area contributed by atoms with Crippen molar-refractivity contribution in [1.29, 1.82) is 0 Å². The van der Waals surface area contributed by atoms with Crippen molar-refractivity contribution >= 4 is 23.5 Å². The number of benzene rings is 1. The van der Waals surface area contributed by atoms with Crippen LogP contribution in [0.4, 0.5) is 5.69 Å². The van der Waals surface area contributed by atoms with E-state index in [-0.39, 0.29) is 30.1 Å². The Morgan fingerprint density at radius 1 is 1.29 bits per heavy atom. The number of esters is 1. The van der Waals surface area contributed by atoms with Crippen LogP contribution in [-0.4, -0.2) is 53.3 Å². The van der Waals surface area contributed by atoms with Gasteiger partial charge in [0.25, 0.3) is 11.6 Å². The molecule has 0 unspecified atom stereocenters. The summed E-state index contributed by atoms with van der Waals surface area (Å²) in [4.78, 5) is 47.0. The summed E-state index contributed by atoms with van der Waals surface area (Å²) in [5.41, 5.74) is 0.150. The Morgan fingerprint density at radius 3 is 2.42 bits per heavy atom. The van der Waals surface area contributed by atoms with E-state index >= 15 is 0 Å². The summed E-state index contributed by atoms with van der Waals surface area (Å²) in [5.74, 6) is -1.24. The summed E-state index contributed by atoms with van der Waals surface area (Å²) in [7, 11) is 1.24. The third kappa shape index (κ3) is 3.67. The van der Waals surface area contributed by atoms with Gasteiger partial charge in [0.1, 0.15) is 6.04 Å². The van der Waals surface area contributed by atoms with Crippen molar-refractivity contribution in [2.75, 3.05) is 13.7 Å². The normalized spacial score (nSPS) is 19.7. The SMILES string of the molecule is COC(=O)[C@@H]1C[C@H](NC(=O)c2ccc([N+](=O)[O-])cc2)CN1C(C)=O. The van der Waals surface area contributed by atoms with E-state index in [0.717, 1.165) is 0 Å². The number of hydrogen-bond donors (Lipinski definition) is 1. The monoisotopic (exact) mass is 335 g/mol. The number of hydrogen-bond acceptors (Lipinski definition) is 6. The van der Waals surface area contributed by atoms with Gasteiger partial charge in [0.15, 0.2) is 0 Å². The summed E-state index contributed by atoms with van der Waals surface area (Å²) in [6.07, 6.45) is 0.255. The first kappa shape index (κ1) is 17.4. The Hall–Kier alpha value is -2.97. The molecule has 9 nitrogen and oxygen atoms in total. The Labute approximate surface area is 137 Å². The number of likely N-dealkylation sites (tertiary alicyclic amines) is 1. The number of methoxy groups -OCH3 is 1. The molecule has 2 atom stereocenters. The lowest BCUT2D eigenvalue weighted by Gasteiger charge is -2.20. The molecule has 128 valence electrons. The van der Waals surface area contributed by atoms with Crippen LogP contribution in [0.2, 0.25) is 0 Å². The van der Waals surface area contributed by atoms with Crippen LogP contribution < -0.4 is 5.32 Å². The Bertz CT molecular complexity index is 672. The molecule has 1 aromatic rings. The lowest BCUT2D eigenvalue weighted by atomic mass is 10.1. The molecule has 0 bridgehead atoms. The van der Waals surface area contributed by atoms with Crippen LogP contribution in [-0.2, 0) is 14.3 Å². The molecule has 2 rings (SSSR count). The maximum atomic E-state index is 12.2. The number of nitro groups is 1. The highest BCUT2D eigenvalue weighted by Crippen LogP contribution is 2.20. The molecule has 9 heteroatoms. The van der Waals surface area contributed by atoms with Crippen molar-refractivity contribution in [2.45, 2.75) is 25.4 Å². The summed E-state index contributed by atoms with van der Waals surface area (Å²) in [6, 6.07) is 4.05. The van der Waals surface area contributed by atoms with Crippen LogP contribution in [0.1, 0.15) is 23.7 Å². The molecule has 1 aliphatic heterocycles. The van der Waals surface area contributed by atoms with Crippen LogP contribution in [0.15, 0.2) is 24.3 Å². The molecule has 0 aromatic heterocycles. The number of non-ortho nitro benzene ring substituents is 1. The van der Waals surface area contributed by atoms with Crippen LogP contribution in [0, 0.1) is 10.1 Å². The summed E-state index contributed by atoms with van der Waals surface area (Å²) < 4.78 is 4.68. The molecule has 2 amide bonds. The zero-order valence-corrected chi connectivity index (χ0v) is 13.2. The standard InChI is InChI=1S/C15H17N3O6/c1-9(19)17-8-11(7-13(17)15(21)24-2)16-14(20)10-3-5-12(6-4-10)18(22)23/h3-6,11,13H,7-8H2,1-2H3,(H,16,20)/t11-,13-/m0/s1. The Kier molecular flexibility index (Phi) is 5.12. The molecular formula is C15H17N3O6. The van der Waals surface area contributed by atoms with Gasteiger partial charge >= 0.3 is 5.97 Å². The molecule has 0 aliphatic carbocycles. The van der Waals surface area contributed by atoms with E-state index in [2.05, 4.69) is 10.1 Å². The number of nitrogens with one attached hydrogen (secondary N) is 1. The van der Waals surface area contributed by atoms with Crippen molar-refractivity contribution < 1.29 is 24.0 Å². The molecule has 0 spiro atoms. The smallest absolute Gasteiger partial charge is 0.328 e. The van der Waals surface area contributed by atoms with Gasteiger partial charge in [0.2, 0.25) is 5.91 Å². The summed E-state index contributed by atoms with van der Waals surface area (Å²) >= 11 is 0. The van der Waals surface area contributed by atoms with Gasteiger partial charge in [-0.3, -0.25) is 19.7 Å². The molecule has 1 aliphatic rings. The number of amides is 2. The van der Waals surface area contributed by atoms with E-state index in [0.29, 0.717) is 0 Å².